The molecule has 2 bridgehead atoms. The highest BCUT2D eigenvalue weighted by molar-refractivity contribution is 6.08. The van der Waals surface area contributed by atoms with Crippen molar-refractivity contribution in [1.82, 2.24) is 9.88 Å². The zero-order chi connectivity index (χ0) is 20.5. The van der Waals surface area contributed by atoms with Crippen molar-refractivity contribution in [1.29, 1.82) is 0 Å². The van der Waals surface area contributed by atoms with Crippen LogP contribution in [0.1, 0.15) is 41.6 Å². The summed E-state index contributed by atoms with van der Waals surface area (Å²) in [7, 11) is 0. The molecule has 1 amide bonds. The molecule has 3 aromatic rings. The molecule has 2 fully saturated rings. The second-order valence-corrected chi connectivity index (χ2v) is 8.27. The average molecular weight is 400 g/mol. The lowest BCUT2D eigenvalue weighted by Crippen LogP contribution is -2.48. The third-order valence-electron chi connectivity index (χ3n) is 6.45. The number of piperidine rings is 1. The number of ether oxygens (including phenoxy) is 1. The molecule has 0 spiro atoms. The van der Waals surface area contributed by atoms with Crippen molar-refractivity contribution < 1.29 is 14.3 Å². The van der Waals surface area contributed by atoms with Gasteiger partial charge in [0.05, 0.1) is 0 Å². The molecule has 0 saturated carbocycles. The number of nitrogens with zero attached hydrogens (tertiary/aromatic N) is 2. The smallest absolute Gasteiger partial charge is 0.410 e. The third kappa shape index (κ3) is 3.45. The molecule has 152 valence electrons. The van der Waals surface area contributed by atoms with Crippen molar-refractivity contribution in [2.45, 2.75) is 44.4 Å². The van der Waals surface area contributed by atoms with Gasteiger partial charge in [-0.1, -0.05) is 54.6 Å². The minimum absolute atomic E-state index is 0.0731. The van der Waals surface area contributed by atoms with Gasteiger partial charge in [0.1, 0.15) is 6.61 Å². The predicted octanol–water partition coefficient (Wildman–Crippen LogP) is 5.00. The largest absolute Gasteiger partial charge is 0.445 e. The van der Waals surface area contributed by atoms with Gasteiger partial charge < -0.3 is 9.64 Å². The van der Waals surface area contributed by atoms with Gasteiger partial charge in [-0.15, -0.1) is 0 Å². The van der Waals surface area contributed by atoms with E-state index in [4.69, 9.17) is 4.74 Å². The van der Waals surface area contributed by atoms with E-state index in [1.54, 1.807) is 12.4 Å². The van der Waals surface area contributed by atoms with E-state index in [9.17, 15) is 9.59 Å². The molecular weight excluding hydrogens is 376 g/mol. The third-order valence-corrected chi connectivity index (χ3v) is 6.45. The number of carbonyl (C=O) groups is 2. The Morgan fingerprint density at radius 1 is 0.933 bits per heavy atom. The van der Waals surface area contributed by atoms with E-state index < -0.39 is 0 Å². The van der Waals surface area contributed by atoms with Crippen molar-refractivity contribution >= 4 is 22.6 Å². The molecule has 0 radical (unpaired) electrons. The predicted molar refractivity (Wildman–Crippen MR) is 114 cm³/mol. The fourth-order valence-electron chi connectivity index (χ4n) is 5.02. The summed E-state index contributed by atoms with van der Waals surface area (Å²) in [5, 5.41) is 1.93. The molecule has 1 aromatic heterocycles. The maximum Gasteiger partial charge on any atom is 0.410 e. The van der Waals surface area contributed by atoms with Gasteiger partial charge in [-0.25, -0.2) is 4.79 Å². The minimum Gasteiger partial charge on any atom is -0.445 e. The Kier molecular flexibility index (Phi) is 4.95. The molecule has 5 rings (SSSR count). The van der Waals surface area contributed by atoms with Gasteiger partial charge in [-0.2, -0.15) is 0 Å². The summed E-state index contributed by atoms with van der Waals surface area (Å²) < 4.78 is 5.58. The highest BCUT2D eigenvalue weighted by atomic mass is 16.6. The van der Waals surface area contributed by atoms with Crippen LogP contribution in [-0.2, 0) is 11.3 Å². The molecule has 2 aliphatic rings. The zero-order valence-corrected chi connectivity index (χ0v) is 16.7. The summed E-state index contributed by atoms with van der Waals surface area (Å²) >= 11 is 0. The van der Waals surface area contributed by atoms with E-state index in [2.05, 4.69) is 4.98 Å². The van der Waals surface area contributed by atoms with E-state index in [0.29, 0.717) is 18.4 Å². The summed E-state index contributed by atoms with van der Waals surface area (Å²) in [5.41, 5.74) is 1.67. The number of pyridine rings is 1. The molecule has 0 aliphatic carbocycles. The van der Waals surface area contributed by atoms with Gasteiger partial charge in [0.15, 0.2) is 5.78 Å². The Balaban J connectivity index is 1.29. The van der Waals surface area contributed by atoms with E-state index in [1.807, 2.05) is 59.5 Å². The summed E-state index contributed by atoms with van der Waals surface area (Å²) in [6.45, 7) is 0.277. The van der Waals surface area contributed by atoms with Crippen LogP contribution in [0.4, 0.5) is 4.79 Å². The molecule has 5 nitrogen and oxygen atoms in total. The maximum absolute atomic E-state index is 13.3. The maximum atomic E-state index is 13.3. The first-order valence-electron chi connectivity index (χ1n) is 10.6. The molecule has 2 atom stereocenters. The second-order valence-electron chi connectivity index (χ2n) is 8.27. The lowest BCUT2D eigenvalue weighted by Gasteiger charge is -2.37. The van der Waals surface area contributed by atoms with Crippen molar-refractivity contribution in [2.24, 2.45) is 5.92 Å². The van der Waals surface area contributed by atoms with Crippen LogP contribution in [0.25, 0.3) is 10.8 Å². The first kappa shape index (κ1) is 18.8. The number of rotatable bonds is 4. The van der Waals surface area contributed by atoms with Gasteiger partial charge in [0, 0.05) is 41.3 Å². The van der Waals surface area contributed by atoms with Gasteiger partial charge >= 0.3 is 6.09 Å². The van der Waals surface area contributed by atoms with Crippen molar-refractivity contribution in [3.05, 3.63) is 78.1 Å². The van der Waals surface area contributed by atoms with Crippen LogP contribution < -0.4 is 0 Å². The van der Waals surface area contributed by atoms with Gasteiger partial charge in [-0.3, -0.25) is 9.78 Å². The average Bonchev–Trinajstić information content (AvgIpc) is 3.06. The van der Waals surface area contributed by atoms with Crippen LogP contribution in [-0.4, -0.2) is 33.8 Å². The van der Waals surface area contributed by atoms with Crippen molar-refractivity contribution in [2.75, 3.05) is 0 Å². The molecule has 2 aromatic carbocycles. The monoisotopic (exact) mass is 400 g/mol. The highest BCUT2D eigenvalue weighted by Crippen LogP contribution is 2.40. The number of fused-ring (bicyclic) bond motifs is 3. The number of carbonyl (C=O) groups excluding carboxylic acids is 2. The lowest BCUT2D eigenvalue weighted by molar-refractivity contribution is 0.0485. The first-order valence-corrected chi connectivity index (χ1v) is 10.6. The van der Waals surface area contributed by atoms with Crippen LogP contribution in [0.15, 0.2) is 67.0 Å². The number of amides is 1. The number of benzene rings is 2. The Hall–Kier alpha value is -3.21. The van der Waals surface area contributed by atoms with Crippen LogP contribution in [0.5, 0.6) is 0 Å². The van der Waals surface area contributed by atoms with Crippen LogP contribution in [0.3, 0.4) is 0 Å². The van der Waals surface area contributed by atoms with E-state index in [1.165, 1.54) is 0 Å². The van der Waals surface area contributed by atoms with E-state index in [-0.39, 0.29) is 36.5 Å². The standard InChI is InChI=1S/C25H24N2O3/c28-24(23-15-26-14-18-8-4-5-9-22(18)23)19-12-20-10-11-21(13-19)27(20)25(29)30-16-17-6-2-1-3-7-17/h1-9,14-15,19-21H,10-13,16H2. The molecule has 5 heteroatoms. The Labute approximate surface area is 175 Å². The minimum atomic E-state index is -0.260. The fourth-order valence-corrected chi connectivity index (χ4v) is 5.02. The van der Waals surface area contributed by atoms with E-state index in [0.717, 1.165) is 29.2 Å². The van der Waals surface area contributed by atoms with Crippen LogP contribution in [0.2, 0.25) is 0 Å². The Morgan fingerprint density at radius 2 is 1.63 bits per heavy atom. The summed E-state index contributed by atoms with van der Waals surface area (Å²) in [6, 6.07) is 17.7. The number of ketones is 1. The molecule has 2 aliphatic heterocycles. The van der Waals surface area contributed by atoms with Crippen molar-refractivity contribution in [3.8, 4) is 0 Å². The quantitative estimate of drug-likeness (QED) is 0.579. The van der Waals surface area contributed by atoms with Gasteiger partial charge in [0.2, 0.25) is 0 Å². The molecule has 2 unspecified atom stereocenters. The fraction of sp³-hybridized carbons (Fsp3) is 0.320. The molecule has 0 N–H and O–H groups in total. The zero-order valence-electron chi connectivity index (χ0n) is 16.7. The number of hydrogen-bond acceptors (Lipinski definition) is 4. The SMILES string of the molecule is O=C(c1cncc2ccccc12)C1CC2CCC(C1)N2C(=O)OCc1ccccc1. The molecular formula is C25H24N2O3. The number of hydrogen-bond donors (Lipinski definition) is 0. The number of Topliss-reactive ketones (excluding diaryl/α,β-unsaturated/α-hetero) is 1. The summed E-state index contributed by atoms with van der Waals surface area (Å²) in [5.74, 6) is 0.0711. The highest BCUT2D eigenvalue weighted by Gasteiger charge is 2.46. The molecule has 2 saturated heterocycles. The molecule has 30 heavy (non-hydrogen) atoms. The Morgan fingerprint density at radius 3 is 2.40 bits per heavy atom. The van der Waals surface area contributed by atoms with Crippen molar-refractivity contribution in [3.63, 3.8) is 0 Å². The normalized spacial score (nSPS) is 22.8. The van der Waals surface area contributed by atoms with Crippen LogP contribution >= 0.6 is 0 Å². The topological polar surface area (TPSA) is 59.5 Å². The lowest BCUT2D eigenvalue weighted by atomic mass is 9.84. The second kappa shape index (κ2) is 7.90. The summed E-state index contributed by atoms with van der Waals surface area (Å²) in [6.07, 6.45) is 6.47. The van der Waals surface area contributed by atoms with Crippen LogP contribution in [0, 0.1) is 5.92 Å². The number of aromatic nitrogens is 1. The molecule has 3 heterocycles. The van der Waals surface area contributed by atoms with E-state index >= 15 is 0 Å². The first-order chi connectivity index (χ1) is 14.7. The summed E-state index contributed by atoms with van der Waals surface area (Å²) in [4.78, 5) is 32.3. The Bertz CT molecular complexity index is 1060. The van der Waals surface area contributed by atoms with Gasteiger partial charge in [-0.05, 0) is 36.6 Å². The van der Waals surface area contributed by atoms with Gasteiger partial charge in [0.25, 0.3) is 0 Å².